The van der Waals surface area contributed by atoms with Gasteiger partial charge in [-0.25, -0.2) is 9.59 Å². The molecule has 8 heteroatoms. The molecule has 1 atom stereocenters. The van der Waals surface area contributed by atoms with Crippen LogP contribution in [0.15, 0.2) is 63.8 Å². The van der Waals surface area contributed by atoms with Gasteiger partial charge >= 0.3 is 11.6 Å². The average Bonchev–Trinajstić information content (AvgIpc) is 3.14. The Morgan fingerprint density at radius 2 is 1.83 bits per heavy atom. The van der Waals surface area contributed by atoms with Gasteiger partial charge in [0.1, 0.15) is 21.9 Å². The molecule has 1 amide bonds. The van der Waals surface area contributed by atoms with Gasteiger partial charge in [0.05, 0.1) is 6.61 Å². The Hall–Kier alpha value is -3.91. The quantitative estimate of drug-likeness (QED) is 0.262. The van der Waals surface area contributed by atoms with E-state index in [1.165, 1.54) is 17.4 Å². The Morgan fingerprint density at radius 1 is 1.09 bits per heavy atom. The van der Waals surface area contributed by atoms with Gasteiger partial charge in [-0.15, -0.1) is 11.3 Å². The van der Waals surface area contributed by atoms with E-state index in [0.717, 1.165) is 27.0 Å². The van der Waals surface area contributed by atoms with Gasteiger partial charge in [-0.2, -0.15) is 0 Å². The van der Waals surface area contributed by atoms with Gasteiger partial charge in [-0.1, -0.05) is 30.3 Å². The minimum Gasteiger partial charge on any atom is -0.481 e. The molecule has 0 fully saturated rings. The third-order valence-electron chi connectivity index (χ3n) is 5.47. The maximum Gasteiger partial charge on any atom is 0.341 e. The monoisotopic (exact) mass is 491 g/mol. The normalized spacial score (nSPS) is 11.8. The summed E-state index contributed by atoms with van der Waals surface area (Å²) in [4.78, 5) is 38.5. The molecule has 2 aromatic carbocycles. The number of fused-ring (bicyclic) bond motifs is 1. The van der Waals surface area contributed by atoms with E-state index >= 15 is 0 Å². The number of anilines is 1. The molecule has 1 N–H and O–H groups in total. The van der Waals surface area contributed by atoms with Crippen molar-refractivity contribution in [3.63, 3.8) is 0 Å². The van der Waals surface area contributed by atoms with E-state index in [4.69, 9.17) is 13.9 Å². The van der Waals surface area contributed by atoms with Crippen molar-refractivity contribution in [2.24, 2.45) is 0 Å². The summed E-state index contributed by atoms with van der Waals surface area (Å²) in [6.07, 6.45) is -0.887. The largest absolute Gasteiger partial charge is 0.481 e. The number of rotatable bonds is 7. The van der Waals surface area contributed by atoms with E-state index < -0.39 is 23.6 Å². The van der Waals surface area contributed by atoms with Crippen LogP contribution in [0.5, 0.6) is 5.75 Å². The summed E-state index contributed by atoms with van der Waals surface area (Å²) in [5, 5.41) is 4.03. The second kappa shape index (κ2) is 10.1. The highest BCUT2D eigenvalue weighted by Crippen LogP contribution is 2.40. The molecule has 0 aliphatic carbocycles. The van der Waals surface area contributed by atoms with Crippen molar-refractivity contribution in [3.05, 3.63) is 81.0 Å². The molecular weight excluding hydrogens is 466 g/mol. The molecule has 0 aliphatic rings. The number of thiophene rings is 1. The summed E-state index contributed by atoms with van der Waals surface area (Å²) in [5.41, 5.74) is 2.64. The van der Waals surface area contributed by atoms with Crippen LogP contribution < -0.4 is 15.7 Å². The summed E-state index contributed by atoms with van der Waals surface area (Å²) in [7, 11) is 0. The fourth-order valence-corrected chi connectivity index (χ4v) is 4.90. The van der Waals surface area contributed by atoms with Crippen molar-refractivity contribution in [2.75, 3.05) is 11.9 Å². The molecule has 0 radical (unpaired) electrons. The highest BCUT2D eigenvalue weighted by atomic mass is 32.1. The average molecular weight is 492 g/mol. The summed E-state index contributed by atoms with van der Waals surface area (Å²) in [5.74, 6) is -0.548. The highest BCUT2D eigenvalue weighted by molar-refractivity contribution is 7.17. The van der Waals surface area contributed by atoms with Gasteiger partial charge in [0.15, 0.2) is 6.10 Å². The van der Waals surface area contributed by atoms with Crippen LogP contribution in [0.3, 0.4) is 0 Å². The van der Waals surface area contributed by atoms with Crippen LogP contribution in [0.4, 0.5) is 5.00 Å². The van der Waals surface area contributed by atoms with Gasteiger partial charge in [-0.05, 0) is 51.0 Å². The number of esters is 1. The number of amides is 1. The molecular formula is C27H25NO6S. The molecule has 180 valence electrons. The van der Waals surface area contributed by atoms with Crippen LogP contribution in [0, 0.1) is 13.8 Å². The number of aryl methyl sites for hydroxylation is 2. The zero-order chi connectivity index (χ0) is 25.1. The first-order chi connectivity index (χ1) is 16.8. The zero-order valence-corrected chi connectivity index (χ0v) is 20.7. The number of carbonyl (C=O) groups excluding carboxylic acids is 2. The van der Waals surface area contributed by atoms with Crippen LogP contribution >= 0.6 is 11.3 Å². The summed E-state index contributed by atoms with van der Waals surface area (Å²) in [6, 6.07) is 16.0. The van der Waals surface area contributed by atoms with Crippen molar-refractivity contribution in [1.29, 1.82) is 0 Å². The molecule has 0 aliphatic heterocycles. The number of carbonyl (C=O) groups is 2. The van der Waals surface area contributed by atoms with E-state index in [9.17, 15) is 14.4 Å². The van der Waals surface area contributed by atoms with E-state index in [2.05, 4.69) is 5.32 Å². The number of nitrogens with one attached hydrogen (secondary N) is 1. The lowest BCUT2D eigenvalue weighted by molar-refractivity contribution is -0.122. The first kappa shape index (κ1) is 24.2. The molecule has 4 rings (SSSR count). The molecule has 0 saturated heterocycles. The minimum absolute atomic E-state index is 0.215. The maximum atomic E-state index is 13.0. The van der Waals surface area contributed by atoms with Gasteiger partial charge in [-0.3, -0.25) is 4.79 Å². The van der Waals surface area contributed by atoms with Crippen molar-refractivity contribution < 1.29 is 23.5 Å². The van der Waals surface area contributed by atoms with Gasteiger partial charge < -0.3 is 19.2 Å². The number of ether oxygens (including phenoxy) is 2. The number of benzene rings is 2. The fraction of sp³-hybridized carbons (Fsp3) is 0.222. The lowest BCUT2D eigenvalue weighted by Gasteiger charge is -2.15. The fourth-order valence-electron chi connectivity index (χ4n) is 3.83. The Kier molecular flexibility index (Phi) is 7.02. The molecule has 35 heavy (non-hydrogen) atoms. The lowest BCUT2D eigenvalue weighted by atomic mass is 10.0. The summed E-state index contributed by atoms with van der Waals surface area (Å²) < 4.78 is 16.4. The molecule has 7 nitrogen and oxygen atoms in total. The van der Waals surface area contributed by atoms with Crippen LogP contribution in [-0.4, -0.2) is 24.6 Å². The third-order valence-corrected chi connectivity index (χ3v) is 6.49. The Labute approximate surface area is 206 Å². The van der Waals surface area contributed by atoms with Gasteiger partial charge in [0.2, 0.25) is 0 Å². The standard InChI is InChI=1S/C27H25NO6S/c1-5-32-27(31)24-23(18-9-7-6-8-10-18)17(4)35-26(24)28-25(30)16(3)33-19-11-12-20-15(2)13-22(29)34-21(20)14-19/h6-14,16H,5H2,1-4H3,(H,28,30). The Balaban J connectivity index is 1.60. The van der Waals surface area contributed by atoms with Crippen LogP contribution in [-0.2, 0) is 9.53 Å². The first-order valence-corrected chi connectivity index (χ1v) is 12.0. The second-order valence-electron chi connectivity index (χ2n) is 7.98. The van der Waals surface area contributed by atoms with E-state index in [1.807, 2.05) is 44.2 Å². The molecule has 0 bridgehead atoms. The van der Waals surface area contributed by atoms with Gasteiger partial charge in [0.25, 0.3) is 5.91 Å². The minimum atomic E-state index is -0.887. The van der Waals surface area contributed by atoms with E-state index in [-0.39, 0.29) is 6.61 Å². The summed E-state index contributed by atoms with van der Waals surface area (Å²) >= 11 is 1.31. The predicted molar refractivity (Wildman–Crippen MR) is 136 cm³/mol. The lowest BCUT2D eigenvalue weighted by Crippen LogP contribution is -2.30. The number of hydrogen-bond acceptors (Lipinski definition) is 7. The molecule has 0 saturated carbocycles. The van der Waals surface area contributed by atoms with Crippen LogP contribution in [0.1, 0.15) is 34.6 Å². The second-order valence-corrected chi connectivity index (χ2v) is 9.20. The molecule has 2 heterocycles. The predicted octanol–water partition coefficient (Wildman–Crippen LogP) is 5.72. The van der Waals surface area contributed by atoms with Crippen molar-refractivity contribution >= 4 is 39.2 Å². The zero-order valence-electron chi connectivity index (χ0n) is 19.8. The van der Waals surface area contributed by atoms with Crippen molar-refractivity contribution in [3.8, 4) is 16.9 Å². The maximum absolute atomic E-state index is 13.0. The van der Waals surface area contributed by atoms with Crippen molar-refractivity contribution in [1.82, 2.24) is 0 Å². The van der Waals surface area contributed by atoms with E-state index in [0.29, 0.717) is 21.9 Å². The Morgan fingerprint density at radius 3 is 2.54 bits per heavy atom. The number of hydrogen-bond donors (Lipinski definition) is 1. The highest BCUT2D eigenvalue weighted by Gasteiger charge is 2.27. The van der Waals surface area contributed by atoms with Crippen LogP contribution in [0.2, 0.25) is 0 Å². The van der Waals surface area contributed by atoms with E-state index in [1.54, 1.807) is 32.0 Å². The van der Waals surface area contributed by atoms with Gasteiger partial charge in [0, 0.05) is 28.0 Å². The molecule has 1 unspecified atom stereocenters. The van der Waals surface area contributed by atoms with Crippen LogP contribution in [0.25, 0.3) is 22.1 Å². The molecule has 2 aromatic heterocycles. The topological polar surface area (TPSA) is 94.8 Å². The first-order valence-electron chi connectivity index (χ1n) is 11.2. The molecule has 4 aromatic rings. The Bertz CT molecular complexity index is 1450. The summed E-state index contributed by atoms with van der Waals surface area (Å²) in [6.45, 7) is 7.28. The molecule has 0 spiro atoms. The third kappa shape index (κ3) is 5.12. The smallest absolute Gasteiger partial charge is 0.341 e. The SMILES string of the molecule is CCOC(=O)c1c(NC(=O)C(C)Oc2ccc3c(C)cc(=O)oc3c2)sc(C)c1-c1ccccc1. The van der Waals surface area contributed by atoms with Crippen molar-refractivity contribution in [2.45, 2.75) is 33.8 Å².